The topological polar surface area (TPSA) is 40.5 Å². The van der Waals surface area contributed by atoms with E-state index in [0.29, 0.717) is 6.54 Å². The van der Waals surface area contributed by atoms with Gasteiger partial charge in [0.2, 0.25) is 5.91 Å². The zero-order valence-corrected chi connectivity index (χ0v) is 10.6. The molecule has 0 fully saturated rings. The van der Waals surface area contributed by atoms with Gasteiger partial charge in [-0.3, -0.25) is 4.79 Å². The molecule has 1 aromatic rings. The third kappa shape index (κ3) is 1.84. The third-order valence-corrected chi connectivity index (χ3v) is 3.45. The van der Waals surface area contributed by atoms with E-state index < -0.39 is 5.41 Å². The highest BCUT2D eigenvalue weighted by molar-refractivity contribution is 6.07. The molecule has 1 aliphatic heterocycles. The molecule has 1 N–H and O–H groups in total. The van der Waals surface area contributed by atoms with Gasteiger partial charge in [-0.2, -0.15) is 0 Å². The van der Waals surface area contributed by atoms with Gasteiger partial charge < -0.3 is 10.0 Å². The number of carbonyl (C=O) groups is 1. The van der Waals surface area contributed by atoms with E-state index >= 15 is 0 Å². The summed E-state index contributed by atoms with van der Waals surface area (Å²) in [5, 5.41) is 9.12. The maximum Gasteiger partial charge on any atom is 0.237 e. The standard InChI is InChI=1S/C14H19NO2/c1-10(9-16)8-15-12-7-5-4-6-11(12)14(2,3)13(15)17/h4-7,10,16H,8-9H2,1-3H3. The average molecular weight is 233 g/mol. The van der Waals surface area contributed by atoms with Crippen molar-refractivity contribution in [3.05, 3.63) is 29.8 Å². The van der Waals surface area contributed by atoms with E-state index in [4.69, 9.17) is 5.11 Å². The average Bonchev–Trinajstić information content (AvgIpc) is 2.51. The zero-order chi connectivity index (χ0) is 12.6. The van der Waals surface area contributed by atoms with Crippen molar-refractivity contribution in [2.24, 2.45) is 5.92 Å². The van der Waals surface area contributed by atoms with Crippen LogP contribution in [-0.2, 0) is 10.2 Å². The molecule has 1 amide bonds. The molecular formula is C14H19NO2. The minimum absolute atomic E-state index is 0.0981. The molecule has 0 bridgehead atoms. The van der Waals surface area contributed by atoms with Crippen LogP contribution in [0.1, 0.15) is 26.3 Å². The van der Waals surface area contributed by atoms with Crippen molar-refractivity contribution in [2.45, 2.75) is 26.2 Å². The number of amides is 1. The Kier molecular flexibility index (Phi) is 2.96. The maximum absolute atomic E-state index is 12.4. The fourth-order valence-electron chi connectivity index (χ4n) is 2.35. The summed E-state index contributed by atoms with van der Waals surface area (Å²) in [5.74, 6) is 0.222. The van der Waals surface area contributed by atoms with Gasteiger partial charge in [0.25, 0.3) is 0 Å². The summed E-state index contributed by atoms with van der Waals surface area (Å²) >= 11 is 0. The van der Waals surface area contributed by atoms with Crippen molar-refractivity contribution in [1.29, 1.82) is 0 Å². The Morgan fingerprint density at radius 1 is 1.35 bits per heavy atom. The van der Waals surface area contributed by atoms with Gasteiger partial charge in [-0.15, -0.1) is 0 Å². The predicted molar refractivity (Wildman–Crippen MR) is 68.1 cm³/mol. The van der Waals surface area contributed by atoms with E-state index in [9.17, 15) is 4.79 Å². The molecule has 0 radical (unpaired) electrons. The number of nitrogens with zero attached hydrogens (tertiary/aromatic N) is 1. The number of anilines is 1. The minimum atomic E-state index is -0.453. The van der Waals surface area contributed by atoms with Crippen LogP contribution in [0, 0.1) is 5.92 Å². The first kappa shape index (κ1) is 12.1. The number of hydrogen-bond acceptors (Lipinski definition) is 2. The van der Waals surface area contributed by atoms with Crippen molar-refractivity contribution in [3.8, 4) is 0 Å². The van der Waals surface area contributed by atoms with Crippen molar-refractivity contribution in [2.75, 3.05) is 18.1 Å². The normalized spacial score (nSPS) is 19.3. The van der Waals surface area contributed by atoms with Gasteiger partial charge in [0, 0.05) is 18.8 Å². The molecule has 2 rings (SSSR count). The van der Waals surface area contributed by atoms with Crippen molar-refractivity contribution >= 4 is 11.6 Å². The summed E-state index contributed by atoms with van der Waals surface area (Å²) in [5.41, 5.74) is 1.61. The van der Waals surface area contributed by atoms with Crippen LogP contribution in [-0.4, -0.2) is 24.2 Å². The summed E-state index contributed by atoms with van der Waals surface area (Å²) in [6, 6.07) is 7.90. The maximum atomic E-state index is 12.4. The first-order chi connectivity index (χ1) is 7.98. The fourth-order valence-corrected chi connectivity index (χ4v) is 2.35. The minimum Gasteiger partial charge on any atom is -0.396 e. The van der Waals surface area contributed by atoms with Crippen molar-refractivity contribution < 1.29 is 9.90 Å². The van der Waals surface area contributed by atoms with Gasteiger partial charge in [0.05, 0.1) is 5.41 Å². The molecule has 0 spiro atoms. The SMILES string of the molecule is CC(CO)CN1C(=O)C(C)(C)c2ccccc21. The van der Waals surface area contributed by atoms with Gasteiger partial charge in [0.15, 0.2) is 0 Å². The zero-order valence-electron chi connectivity index (χ0n) is 10.6. The summed E-state index contributed by atoms with van der Waals surface area (Å²) < 4.78 is 0. The van der Waals surface area contributed by atoms with E-state index in [1.54, 1.807) is 4.90 Å². The van der Waals surface area contributed by atoms with Gasteiger partial charge in [-0.1, -0.05) is 25.1 Å². The van der Waals surface area contributed by atoms with Crippen LogP contribution in [0.15, 0.2) is 24.3 Å². The molecule has 0 saturated heterocycles. The number of aliphatic hydroxyl groups is 1. The number of para-hydroxylation sites is 1. The Labute approximate surface area is 102 Å². The van der Waals surface area contributed by atoms with E-state index in [-0.39, 0.29) is 18.4 Å². The lowest BCUT2D eigenvalue weighted by Gasteiger charge is -2.22. The van der Waals surface area contributed by atoms with E-state index in [0.717, 1.165) is 11.3 Å². The summed E-state index contributed by atoms with van der Waals surface area (Å²) in [7, 11) is 0. The first-order valence-electron chi connectivity index (χ1n) is 6.00. The molecular weight excluding hydrogens is 214 g/mol. The van der Waals surface area contributed by atoms with E-state index in [2.05, 4.69) is 0 Å². The lowest BCUT2D eigenvalue weighted by atomic mass is 9.86. The molecule has 17 heavy (non-hydrogen) atoms. The summed E-state index contributed by atoms with van der Waals surface area (Å²) in [6.45, 7) is 6.54. The van der Waals surface area contributed by atoms with E-state index in [1.807, 2.05) is 45.0 Å². The second-order valence-corrected chi connectivity index (χ2v) is 5.35. The highest BCUT2D eigenvalue weighted by Crippen LogP contribution is 2.41. The Hall–Kier alpha value is -1.35. The molecule has 1 aromatic carbocycles. The van der Waals surface area contributed by atoms with Gasteiger partial charge in [0.1, 0.15) is 0 Å². The number of benzene rings is 1. The van der Waals surface area contributed by atoms with Crippen molar-refractivity contribution in [1.82, 2.24) is 0 Å². The largest absolute Gasteiger partial charge is 0.396 e. The van der Waals surface area contributed by atoms with Crippen LogP contribution in [0.5, 0.6) is 0 Å². The molecule has 0 aliphatic carbocycles. The summed E-state index contributed by atoms with van der Waals surface area (Å²) in [4.78, 5) is 14.2. The van der Waals surface area contributed by atoms with Crippen LogP contribution in [0.4, 0.5) is 5.69 Å². The smallest absolute Gasteiger partial charge is 0.237 e. The van der Waals surface area contributed by atoms with E-state index in [1.165, 1.54) is 0 Å². The molecule has 1 unspecified atom stereocenters. The summed E-state index contributed by atoms with van der Waals surface area (Å²) in [6.07, 6.45) is 0. The van der Waals surface area contributed by atoms with Crippen LogP contribution in [0.2, 0.25) is 0 Å². The highest BCUT2D eigenvalue weighted by atomic mass is 16.3. The monoisotopic (exact) mass is 233 g/mol. The number of fused-ring (bicyclic) bond motifs is 1. The van der Waals surface area contributed by atoms with Gasteiger partial charge in [-0.05, 0) is 31.4 Å². The van der Waals surface area contributed by atoms with Crippen LogP contribution in [0.25, 0.3) is 0 Å². The molecule has 1 aliphatic rings. The lowest BCUT2D eigenvalue weighted by molar-refractivity contribution is -0.122. The molecule has 1 atom stereocenters. The number of rotatable bonds is 3. The fraction of sp³-hybridized carbons (Fsp3) is 0.500. The molecule has 0 aromatic heterocycles. The third-order valence-electron chi connectivity index (χ3n) is 3.45. The van der Waals surface area contributed by atoms with Crippen LogP contribution >= 0.6 is 0 Å². The molecule has 3 heteroatoms. The number of aliphatic hydroxyl groups excluding tert-OH is 1. The Morgan fingerprint density at radius 3 is 2.65 bits per heavy atom. The van der Waals surface area contributed by atoms with Gasteiger partial charge >= 0.3 is 0 Å². The number of carbonyl (C=O) groups excluding carboxylic acids is 1. The quantitative estimate of drug-likeness (QED) is 0.866. The van der Waals surface area contributed by atoms with Crippen LogP contribution < -0.4 is 4.90 Å². The Bertz CT molecular complexity index is 440. The number of hydrogen-bond donors (Lipinski definition) is 1. The second-order valence-electron chi connectivity index (χ2n) is 5.35. The Morgan fingerprint density at radius 2 is 2.00 bits per heavy atom. The second kappa shape index (κ2) is 4.15. The van der Waals surface area contributed by atoms with Crippen molar-refractivity contribution in [3.63, 3.8) is 0 Å². The lowest BCUT2D eigenvalue weighted by Crippen LogP contribution is -2.39. The Balaban J connectivity index is 2.39. The van der Waals surface area contributed by atoms with Gasteiger partial charge in [-0.25, -0.2) is 0 Å². The first-order valence-corrected chi connectivity index (χ1v) is 6.00. The molecule has 3 nitrogen and oxygen atoms in total. The molecule has 1 heterocycles. The highest BCUT2D eigenvalue weighted by Gasteiger charge is 2.43. The molecule has 0 saturated carbocycles. The predicted octanol–water partition coefficient (Wildman–Crippen LogP) is 1.94. The molecule has 92 valence electrons. The van der Waals surface area contributed by atoms with Crippen LogP contribution in [0.3, 0.4) is 0 Å².